The van der Waals surface area contributed by atoms with Crippen LogP contribution in [0.5, 0.6) is 5.75 Å². The zero-order valence-electron chi connectivity index (χ0n) is 21.6. The quantitative estimate of drug-likeness (QED) is 0.149. The van der Waals surface area contributed by atoms with Crippen molar-refractivity contribution in [3.63, 3.8) is 0 Å². The number of carbonyl (C=O) groups excluding carboxylic acids is 4. The lowest BCUT2D eigenvalue weighted by molar-refractivity contribution is -0.153. The number of likely N-dealkylation sites (N-methyl/N-ethyl adjacent to an activating group) is 1. The topological polar surface area (TPSA) is 194 Å². The predicted octanol–water partition coefficient (Wildman–Crippen LogP) is 0.941. The number of rotatable bonds is 5. The van der Waals surface area contributed by atoms with Crippen LogP contribution in [0.3, 0.4) is 0 Å². The maximum Gasteiger partial charge on any atom is 0.255 e. The third-order valence-corrected chi connectivity index (χ3v) is 8.08. The van der Waals surface area contributed by atoms with Crippen molar-refractivity contribution in [2.24, 2.45) is 17.6 Å². The fraction of sp³-hybridized carbons (Fsp3) is 0.440. The Balaban J connectivity index is 0.00000420. The number of ketones is 2. The number of anilines is 2. The van der Waals surface area contributed by atoms with Gasteiger partial charge >= 0.3 is 0 Å². The molecule has 0 radical (unpaired) electrons. The molecule has 1 aromatic rings. The van der Waals surface area contributed by atoms with Crippen molar-refractivity contribution >= 4 is 73.4 Å². The van der Waals surface area contributed by atoms with E-state index in [1.165, 1.54) is 4.90 Å². The lowest BCUT2D eigenvalue weighted by Gasteiger charge is -2.50. The maximum atomic E-state index is 13.9. The molecule has 4 atom stereocenters. The monoisotopic (exact) mass is 672 g/mol. The molecule has 14 heteroatoms. The van der Waals surface area contributed by atoms with Crippen LogP contribution >= 0.6 is 32.9 Å². The number of benzene rings is 1. The summed E-state index contributed by atoms with van der Waals surface area (Å²) >= 11 is 3.04. The van der Waals surface area contributed by atoms with E-state index in [4.69, 9.17) is 5.73 Å². The van der Waals surface area contributed by atoms with Crippen LogP contribution in [0.4, 0.5) is 11.4 Å². The van der Waals surface area contributed by atoms with Gasteiger partial charge in [-0.1, -0.05) is 15.9 Å². The molecule has 3 aliphatic carbocycles. The number of amides is 2. The van der Waals surface area contributed by atoms with Crippen LogP contribution in [0.2, 0.25) is 0 Å². The predicted molar refractivity (Wildman–Crippen MR) is 151 cm³/mol. The normalized spacial score (nSPS) is 26.0. The first-order valence-corrected chi connectivity index (χ1v) is 12.9. The number of nitrogens with two attached hydrogens (primary N) is 1. The smallest absolute Gasteiger partial charge is 0.255 e. The highest BCUT2D eigenvalue weighted by atomic mass is 79.9. The summed E-state index contributed by atoms with van der Waals surface area (Å²) in [5.41, 5.74) is 2.44. The number of phenols is 1. The van der Waals surface area contributed by atoms with E-state index in [1.807, 2.05) is 0 Å². The molecular formula is C25H30Br2N4O8. The van der Waals surface area contributed by atoms with Gasteiger partial charge in [0.1, 0.15) is 22.8 Å². The number of alkyl halides is 1. The highest BCUT2D eigenvalue weighted by Crippen LogP contribution is 2.54. The Bertz CT molecular complexity index is 1360. The van der Waals surface area contributed by atoms with Gasteiger partial charge in [0.15, 0.2) is 11.4 Å². The van der Waals surface area contributed by atoms with Crippen molar-refractivity contribution in [2.45, 2.75) is 24.5 Å². The first kappa shape index (κ1) is 30.6. The van der Waals surface area contributed by atoms with Gasteiger partial charge in [-0.05, 0) is 44.5 Å². The minimum Gasteiger partial charge on any atom is -0.508 e. The number of nitrogens with one attached hydrogen (secondary N) is 1. The van der Waals surface area contributed by atoms with Gasteiger partial charge in [0.25, 0.3) is 5.91 Å². The Morgan fingerprint density at radius 1 is 1.18 bits per heavy atom. The molecule has 0 saturated heterocycles. The van der Waals surface area contributed by atoms with Gasteiger partial charge in [0.2, 0.25) is 11.7 Å². The van der Waals surface area contributed by atoms with Crippen molar-refractivity contribution in [3.8, 4) is 5.75 Å². The Morgan fingerprint density at radius 2 is 1.79 bits per heavy atom. The molecule has 1 fully saturated rings. The van der Waals surface area contributed by atoms with E-state index in [2.05, 4.69) is 21.2 Å². The fourth-order valence-corrected chi connectivity index (χ4v) is 6.11. The average molecular weight is 674 g/mol. The molecule has 212 valence electrons. The second-order valence-corrected chi connectivity index (χ2v) is 10.7. The number of aliphatic hydroxyl groups is 3. The molecule has 39 heavy (non-hydrogen) atoms. The molecule has 2 amide bonds. The molecule has 2 unspecified atom stereocenters. The molecule has 0 spiro atoms. The van der Waals surface area contributed by atoms with E-state index in [0.29, 0.717) is 11.3 Å². The first-order chi connectivity index (χ1) is 17.7. The van der Waals surface area contributed by atoms with Crippen LogP contribution < -0.4 is 16.0 Å². The number of primary amides is 1. The molecule has 1 aromatic carbocycles. The number of hydrogen-bond acceptors (Lipinski definition) is 10. The summed E-state index contributed by atoms with van der Waals surface area (Å²) in [7, 11) is 6.55. The summed E-state index contributed by atoms with van der Waals surface area (Å²) in [6, 6.07) is 0.394. The summed E-state index contributed by atoms with van der Waals surface area (Å²) in [6.07, 6.45) is 0.129. The molecular weight excluding hydrogens is 644 g/mol. The van der Waals surface area contributed by atoms with Gasteiger partial charge in [0.05, 0.1) is 22.6 Å². The number of carbonyl (C=O) groups is 4. The Hall–Kier alpha value is -2.94. The second-order valence-electron chi connectivity index (χ2n) is 10.2. The summed E-state index contributed by atoms with van der Waals surface area (Å²) in [4.78, 5) is 54.4. The number of fused-ring (bicyclic) bond motifs is 3. The molecule has 0 aliphatic heterocycles. The van der Waals surface area contributed by atoms with Crippen molar-refractivity contribution < 1.29 is 39.6 Å². The maximum absolute atomic E-state index is 13.9. The molecule has 0 aromatic heterocycles. The molecule has 0 heterocycles. The van der Waals surface area contributed by atoms with Crippen LogP contribution in [0, 0.1) is 11.8 Å². The zero-order chi connectivity index (χ0) is 28.4. The SMILES string of the molecule is Br.CN(C)c1cc(NC(=O)CBr)c(O)c2c1CC1CC3[C@H](N(C)C)C(=O)C(C(N)=O)=C(O)[C@@]3(O)C(=O)C1=C2O. The number of aromatic hydroxyl groups is 1. The Kier molecular flexibility index (Phi) is 8.29. The first-order valence-electron chi connectivity index (χ1n) is 11.7. The van der Waals surface area contributed by atoms with Crippen LogP contribution in [0.15, 0.2) is 23.0 Å². The van der Waals surface area contributed by atoms with E-state index >= 15 is 0 Å². The highest BCUT2D eigenvalue weighted by molar-refractivity contribution is 9.09. The lowest BCUT2D eigenvalue weighted by Crippen LogP contribution is -2.65. The molecule has 0 bridgehead atoms. The average Bonchev–Trinajstić information content (AvgIpc) is 2.82. The van der Waals surface area contributed by atoms with Crippen molar-refractivity contribution in [3.05, 3.63) is 34.1 Å². The standard InChI is InChI=1S/C25H29BrN4O8.BrH/c1-29(2)13-7-12(28-14(31)8-26)19(32)16-10(13)5-9-6-11-18(30(3)4)21(34)17(24(27)37)23(36)25(11,38)22(35)15(9)20(16)33;/h7,9,11,18,32-33,36,38H,5-6,8H2,1-4H3,(H2,27,37)(H,28,31);1H/t9?,11?,18-,25-;/m0./s1. The molecule has 1 saturated carbocycles. The van der Waals surface area contributed by atoms with Gasteiger partial charge in [-0.3, -0.25) is 24.1 Å². The van der Waals surface area contributed by atoms with Gasteiger partial charge in [-0.2, -0.15) is 0 Å². The third kappa shape index (κ3) is 4.42. The Morgan fingerprint density at radius 3 is 2.31 bits per heavy atom. The van der Waals surface area contributed by atoms with Crippen LogP contribution in [-0.4, -0.2) is 93.9 Å². The minimum absolute atomic E-state index is 0. The van der Waals surface area contributed by atoms with E-state index in [0.717, 1.165) is 0 Å². The number of halogens is 2. The van der Waals surface area contributed by atoms with Gasteiger partial charge < -0.3 is 36.4 Å². The van der Waals surface area contributed by atoms with Crippen LogP contribution in [0.25, 0.3) is 5.76 Å². The number of aliphatic hydroxyl groups excluding tert-OH is 2. The molecule has 3 aliphatic rings. The van der Waals surface area contributed by atoms with E-state index in [1.54, 1.807) is 39.2 Å². The van der Waals surface area contributed by atoms with Crippen LogP contribution in [0.1, 0.15) is 17.5 Å². The number of nitrogens with zero attached hydrogens (tertiary/aromatic N) is 2. The number of Topliss-reactive ketones (excluding diaryl/α,β-unsaturated/α-hetero) is 2. The van der Waals surface area contributed by atoms with Gasteiger partial charge in [-0.25, -0.2) is 0 Å². The molecule has 7 N–H and O–H groups in total. The van der Waals surface area contributed by atoms with E-state index in [9.17, 15) is 39.6 Å². The third-order valence-electron chi connectivity index (χ3n) is 7.57. The molecule has 12 nitrogen and oxygen atoms in total. The van der Waals surface area contributed by atoms with Gasteiger partial charge in [0, 0.05) is 31.3 Å². The number of hydrogen-bond donors (Lipinski definition) is 6. The Labute approximate surface area is 243 Å². The second kappa shape index (κ2) is 10.6. The fourth-order valence-electron chi connectivity index (χ4n) is 5.97. The van der Waals surface area contributed by atoms with Crippen molar-refractivity contribution in [2.75, 3.05) is 43.7 Å². The lowest BCUT2D eigenvalue weighted by atomic mass is 9.57. The summed E-state index contributed by atoms with van der Waals surface area (Å²) in [5, 5.41) is 47.5. The van der Waals surface area contributed by atoms with Crippen molar-refractivity contribution in [1.82, 2.24) is 4.90 Å². The molecule has 4 rings (SSSR count). The van der Waals surface area contributed by atoms with E-state index in [-0.39, 0.29) is 52.0 Å². The minimum atomic E-state index is -2.72. The van der Waals surface area contributed by atoms with Gasteiger partial charge in [-0.15, -0.1) is 17.0 Å². The summed E-state index contributed by atoms with van der Waals surface area (Å²) in [6.45, 7) is 0. The van der Waals surface area contributed by atoms with Crippen LogP contribution in [-0.2, 0) is 25.6 Å². The largest absolute Gasteiger partial charge is 0.508 e. The number of phenolic OH excluding ortho intramolecular Hbond substituents is 1. The van der Waals surface area contributed by atoms with Crippen molar-refractivity contribution in [1.29, 1.82) is 0 Å². The summed E-state index contributed by atoms with van der Waals surface area (Å²) < 4.78 is 0. The summed E-state index contributed by atoms with van der Waals surface area (Å²) in [5.74, 6) is -7.78. The van der Waals surface area contributed by atoms with E-state index < -0.39 is 69.7 Å². The zero-order valence-corrected chi connectivity index (χ0v) is 24.9. The highest BCUT2D eigenvalue weighted by Gasteiger charge is 2.64.